The zero-order valence-corrected chi connectivity index (χ0v) is 27.2. The second kappa shape index (κ2) is 14.3. The van der Waals surface area contributed by atoms with E-state index in [4.69, 9.17) is 0 Å². The van der Waals surface area contributed by atoms with Gasteiger partial charge in [-0.3, -0.25) is 9.88 Å². The molecule has 2 aromatic rings. The molecule has 6 heteroatoms. The summed E-state index contributed by atoms with van der Waals surface area (Å²) in [5, 5.41) is 13.9. The number of benzene rings is 1. The molecule has 0 radical (unpaired) electrons. The Kier molecular flexibility index (Phi) is 12.0. The third-order valence-electron chi connectivity index (χ3n) is 8.77. The van der Waals surface area contributed by atoms with Crippen molar-refractivity contribution in [1.29, 1.82) is 5.26 Å². The van der Waals surface area contributed by atoms with Crippen molar-refractivity contribution in [3.63, 3.8) is 0 Å². The second-order valence-electron chi connectivity index (χ2n) is 12.6. The van der Waals surface area contributed by atoms with Gasteiger partial charge in [-0.1, -0.05) is 60.8 Å². The fourth-order valence-electron chi connectivity index (χ4n) is 5.83. The van der Waals surface area contributed by atoms with Crippen LogP contribution in [0.1, 0.15) is 92.7 Å². The summed E-state index contributed by atoms with van der Waals surface area (Å²) in [6.45, 7) is 30.8. The van der Waals surface area contributed by atoms with E-state index < -0.39 is 11.7 Å². The van der Waals surface area contributed by atoms with Crippen molar-refractivity contribution < 1.29 is 4.39 Å². The predicted molar refractivity (Wildman–Crippen MR) is 173 cm³/mol. The van der Waals surface area contributed by atoms with Crippen molar-refractivity contribution in [1.82, 2.24) is 20.1 Å². The number of alkyl halides is 1. The second-order valence-corrected chi connectivity index (χ2v) is 12.6. The summed E-state index contributed by atoms with van der Waals surface area (Å²) in [4.78, 5) is 9.01. The van der Waals surface area contributed by atoms with Gasteiger partial charge in [0.25, 0.3) is 0 Å². The van der Waals surface area contributed by atoms with Crippen LogP contribution in [0.5, 0.6) is 0 Å². The molecular weight excluding hydrogens is 509 g/mol. The van der Waals surface area contributed by atoms with Gasteiger partial charge in [0.15, 0.2) is 0 Å². The zero-order chi connectivity index (χ0) is 31.0. The molecule has 1 aromatic heterocycles. The Hall–Kier alpha value is -2.91. The molecule has 3 rings (SSSR count). The molecule has 5 nitrogen and oxygen atoms in total. The van der Waals surface area contributed by atoms with Gasteiger partial charge in [0.05, 0.1) is 24.7 Å². The van der Waals surface area contributed by atoms with E-state index in [2.05, 4.69) is 94.2 Å². The topological polar surface area (TPSA) is 55.2 Å². The number of nitriles is 1. The lowest BCUT2D eigenvalue weighted by Crippen LogP contribution is -2.55. The zero-order valence-electron chi connectivity index (χ0n) is 27.2. The quantitative estimate of drug-likeness (QED) is 0.267. The maximum atomic E-state index is 14.6. The lowest BCUT2D eigenvalue weighted by molar-refractivity contribution is 0.0106. The van der Waals surface area contributed by atoms with Crippen LogP contribution in [0.15, 0.2) is 49.3 Å². The van der Waals surface area contributed by atoms with Gasteiger partial charge < -0.3 is 10.2 Å². The van der Waals surface area contributed by atoms with Crippen LogP contribution in [0.25, 0.3) is 16.6 Å². The largest absolute Gasteiger partial charge is 0.379 e. The lowest BCUT2D eigenvalue weighted by atomic mass is 9.69. The van der Waals surface area contributed by atoms with Gasteiger partial charge >= 0.3 is 0 Å². The van der Waals surface area contributed by atoms with Crippen LogP contribution in [-0.4, -0.2) is 58.2 Å². The molecule has 226 valence electrons. The van der Waals surface area contributed by atoms with Gasteiger partial charge in [-0.15, -0.1) is 0 Å². The molecule has 1 fully saturated rings. The number of hydrogen-bond acceptors (Lipinski definition) is 5. The number of fused-ring (bicyclic) bond motifs is 1. The molecule has 0 spiro atoms. The summed E-state index contributed by atoms with van der Waals surface area (Å²) in [5.74, 6) is 0. The minimum Gasteiger partial charge on any atom is -0.379 e. The minimum atomic E-state index is -1.38. The molecule has 0 aliphatic carbocycles. The molecular formula is C35H54FN5. The van der Waals surface area contributed by atoms with Gasteiger partial charge in [0.1, 0.15) is 11.7 Å². The Morgan fingerprint density at radius 3 is 2.39 bits per heavy atom. The van der Waals surface area contributed by atoms with Crippen molar-refractivity contribution >= 4 is 16.6 Å². The van der Waals surface area contributed by atoms with E-state index in [1.54, 1.807) is 18.0 Å². The van der Waals surface area contributed by atoms with Crippen molar-refractivity contribution in [2.75, 3.05) is 26.2 Å². The van der Waals surface area contributed by atoms with E-state index in [1.165, 1.54) is 5.56 Å². The number of nitrogens with one attached hydrogen (secondary N) is 1. The number of aromatic nitrogens is 1. The van der Waals surface area contributed by atoms with Crippen molar-refractivity contribution in [2.45, 2.75) is 105 Å². The SMILES string of the molecule is C=C(NCC(=C)N1CC(C)(F)CC1C#N)c1ccnc2ccc(CC(C)(C)C(C)(C)N(CCC)CCC)cc12.CC. The first kappa shape index (κ1) is 34.3. The van der Waals surface area contributed by atoms with Crippen molar-refractivity contribution in [3.8, 4) is 6.07 Å². The average Bonchev–Trinajstić information content (AvgIpc) is 3.26. The maximum Gasteiger partial charge on any atom is 0.128 e. The standard InChI is InChI=1S/C33H48FN5.C2H6/c1-10-16-38(17-11-2)32(7,8)31(5,6)19-26-12-13-30-29(18-26)28(14-15-36-30)25(4)37-22-24(3)39-23-33(9,34)20-27(39)21-35;1-2/h12-15,18,27,37H,3-4,10-11,16-17,19-20,22-23H2,1-2,5-9H3;1-2H3. The summed E-state index contributed by atoms with van der Waals surface area (Å²) in [6.07, 6.45) is 5.24. The van der Waals surface area contributed by atoms with Crippen LogP contribution in [0.4, 0.5) is 4.39 Å². The number of nitrogens with zero attached hydrogens (tertiary/aromatic N) is 4. The predicted octanol–water partition coefficient (Wildman–Crippen LogP) is 8.13. The Balaban J connectivity index is 0.00000287. The lowest BCUT2D eigenvalue weighted by Gasteiger charge is -2.50. The maximum absolute atomic E-state index is 14.6. The molecule has 0 saturated carbocycles. The van der Waals surface area contributed by atoms with E-state index in [1.807, 2.05) is 19.9 Å². The van der Waals surface area contributed by atoms with Crippen molar-refractivity contribution in [2.24, 2.45) is 5.41 Å². The first-order valence-electron chi connectivity index (χ1n) is 15.3. The molecule has 2 atom stereocenters. The molecule has 0 amide bonds. The Morgan fingerprint density at radius 1 is 1.17 bits per heavy atom. The number of hydrogen-bond donors (Lipinski definition) is 1. The van der Waals surface area contributed by atoms with Crippen LogP contribution in [-0.2, 0) is 6.42 Å². The summed E-state index contributed by atoms with van der Waals surface area (Å²) in [5.41, 5.74) is 3.32. The highest BCUT2D eigenvalue weighted by atomic mass is 19.1. The molecule has 41 heavy (non-hydrogen) atoms. The summed E-state index contributed by atoms with van der Waals surface area (Å²) in [6, 6.07) is 10.2. The van der Waals surface area contributed by atoms with E-state index in [0.29, 0.717) is 12.2 Å². The van der Waals surface area contributed by atoms with Crippen LogP contribution < -0.4 is 5.32 Å². The molecule has 2 unspecified atom stereocenters. The minimum absolute atomic E-state index is 0.0316. The number of likely N-dealkylation sites (tertiary alicyclic amines) is 1. The smallest absolute Gasteiger partial charge is 0.128 e. The number of pyridine rings is 1. The molecule has 2 heterocycles. The third kappa shape index (κ3) is 8.10. The highest BCUT2D eigenvalue weighted by Crippen LogP contribution is 2.40. The van der Waals surface area contributed by atoms with E-state index in [-0.39, 0.29) is 23.9 Å². The molecule has 0 bridgehead atoms. The van der Waals surface area contributed by atoms with Crippen molar-refractivity contribution in [3.05, 3.63) is 60.4 Å². The number of rotatable bonds is 13. The Labute approximate surface area is 249 Å². The van der Waals surface area contributed by atoms with Crippen LogP contribution in [0, 0.1) is 16.7 Å². The Bertz CT molecular complexity index is 1220. The number of halogens is 1. The van der Waals surface area contributed by atoms with Gasteiger partial charge in [-0.2, -0.15) is 5.26 Å². The fraction of sp³-hybridized carbons (Fsp3) is 0.600. The van der Waals surface area contributed by atoms with Gasteiger partial charge in [-0.05, 0) is 82.3 Å². The van der Waals surface area contributed by atoms with Crippen LogP contribution in [0.2, 0.25) is 0 Å². The molecule has 1 aliphatic heterocycles. The van der Waals surface area contributed by atoms with Crippen LogP contribution in [0.3, 0.4) is 0 Å². The van der Waals surface area contributed by atoms with Crippen LogP contribution >= 0.6 is 0 Å². The molecule has 1 N–H and O–H groups in total. The summed E-state index contributed by atoms with van der Waals surface area (Å²) in [7, 11) is 0. The van der Waals surface area contributed by atoms with Gasteiger partial charge in [-0.25, -0.2) is 4.39 Å². The fourth-order valence-corrected chi connectivity index (χ4v) is 5.83. The summed E-state index contributed by atoms with van der Waals surface area (Å²) >= 11 is 0. The monoisotopic (exact) mass is 563 g/mol. The van der Waals surface area contributed by atoms with E-state index in [9.17, 15) is 9.65 Å². The normalized spacial score (nSPS) is 19.1. The highest BCUT2D eigenvalue weighted by Gasteiger charge is 2.42. The Morgan fingerprint density at radius 2 is 1.80 bits per heavy atom. The van der Waals surface area contributed by atoms with Gasteiger partial charge in [0, 0.05) is 40.5 Å². The average molecular weight is 564 g/mol. The molecule has 1 aliphatic rings. The first-order valence-corrected chi connectivity index (χ1v) is 15.3. The summed E-state index contributed by atoms with van der Waals surface area (Å²) < 4.78 is 14.6. The van der Waals surface area contributed by atoms with Gasteiger partial charge in [0.2, 0.25) is 0 Å². The van der Waals surface area contributed by atoms with E-state index >= 15 is 0 Å². The van der Waals surface area contributed by atoms with E-state index in [0.717, 1.165) is 54.5 Å². The molecule has 1 aromatic carbocycles. The first-order chi connectivity index (χ1) is 19.3. The molecule has 1 saturated heterocycles. The highest BCUT2D eigenvalue weighted by molar-refractivity contribution is 5.91. The third-order valence-corrected chi connectivity index (χ3v) is 8.77.